The largest absolute Gasteiger partial charge is 0.444 e. The number of piperazine rings is 1. The summed E-state index contributed by atoms with van der Waals surface area (Å²) in [7, 11) is 0. The predicted molar refractivity (Wildman–Crippen MR) is 124 cm³/mol. The molecule has 0 aromatic carbocycles. The molecule has 0 bridgehead atoms. The minimum atomic E-state index is -0.496. The van der Waals surface area contributed by atoms with Gasteiger partial charge < -0.3 is 19.9 Å². The monoisotopic (exact) mass is 440 g/mol. The number of pyridine rings is 1. The molecule has 0 aliphatic carbocycles. The lowest BCUT2D eigenvalue weighted by molar-refractivity contribution is 0.0240. The van der Waals surface area contributed by atoms with Gasteiger partial charge in [0.15, 0.2) is 0 Å². The molecule has 3 aromatic rings. The van der Waals surface area contributed by atoms with Crippen molar-refractivity contribution in [3.8, 4) is 0 Å². The molecule has 1 aliphatic rings. The van der Waals surface area contributed by atoms with Crippen molar-refractivity contribution in [1.29, 1.82) is 0 Å². The van der Waals surface area contributed by atoms with Crippen LogP contribution in [0.25, 0.3) is 10.9 Å². The van der Waals surface area contributed by atoms with E-state index in [9.17, 15) is 4.79 Å². The number of hydrogen-bond donors (Lipinski definition) is 1. The topological polar surface area (TPSA) is 83.5 Å². The summed E-state index contributed by atoms with van der Waals surface area (Å²) in [6, 6.07) is 6.16. The van der Waals surface area contributed by atoms with Gasteiger partial charge in [0, 0.05) is 42.1 Å². The zero-order valence-corrected chi connectivity index (χ0v) is 19.2. The van der Waals surface area contributed by atoms with Crippen molar-refractivity contribution in [2.45, 2.75) is 39.8 Å². The molecule has 31 heavy (non-hydrogen) atoms. The number of thiophene rings is 1. The number of carbonyl (C=O) groups is 1. The van der Waals surface area contributed by atoms with Gasteiger partial charge in [0.1, 0.15) is 11.4 Å². The number of fused-ring (bicyclic) bond motifs is 1. The van der Waals surface area contributed by atoms with Crippen molar-refractivity contribution in [2.75, 3.05) is 36.4 Å². The van der Waals surface area contributed by atoms with Crippen LogP contribution in [0.4, 0.5) is 16.6 Å². The van der Waals surface area contributed by atoms with Crippen LogP contribution in [0, 0.1) is 6.92 Å². The van der Waals surface area contributed by atoms with Crippen LogP contribution in [0.1, 0.15) is 31.3 Å². The third kappa shape index (κ3) is 5.22. The zero-order valence-electron chi connectivity index (χ0n) is 18.4. The molecule has 9 heteroatoms. The Hall–Kier alpha value is -2.94. The van der Waals surface area contributed by atoms with Crippen LogP contribution in [0.2, 0.25) is 0 Å². The first-order valence-corrected chi connectivity index (χ1v) is 11.3. The van der Waals surface area contributed by atoms with Crippen molar-refractivity contribution in [3.05, 3.63) is 40.3 Å². The van der Waals surface area contributed by atoms with Crippen LogP contribution in [-0.2, 0) is 11.3 Å². The van der Waals surface area contributed by atoms with Crippen LogP contribution in [0.15, 0.2) is 29.8 Å². The maximum absolute atomic E-state index is 12.4. The number of carbonyl (C=O) groups excluding carboxylic acids is 1. The molecule has 1 aliphatic heterocycles. The summed E-state index contributed by atoms with van der Waals surface area (Å²) in [6.07, 6.45) is 1.52. The van der Waals surface area contributed by atoms with Gasteiger partial charge in [0.25, 0.3) is 0 Å². The number of hydrogen-bond acceptors (Lipinski definition) is 8. The Morgan fingerprint density at radius 1 is 1.23 bits per heavy atom. The third-order valence-electron chi connectivity index (χ3n) is 4.93. The van der Waals surface area contributed by atoms with Crippen LogP contribution >= 0.6 is 11.3 Å². The lowest BCUT2D eigenvalue weighted by Gasteiger charge is -2.35. The number of rotatable bonds is 4. The fourth-order valence-corrected chi connectivity index (χ4v) is 4.04. The van der Waals surface area contributed by atoms with E-state index in [1.807, 2.05) is 39.8 Å². The zero-order chi connectivity index (χ0) is 22.0. The molecule has 0 saturated carbocycles. The van der Waals surface area contributed by atoms with E-state index < -0.39 is 5.60 Å². The maximum atomic E-state index is 12.4. The summed E-state index contributed by atoms with van der Waals surface area (Å²) < 4.78 is 5.49. The molecular weight excluding hydrogens is 412 g/mol. The molecule has 1 fully saturated rings. The minimum absolute atomic E-state index is 0.274. The SMILES string of the molecule is Cc1cc2c(NCc3cccs3)nc(N3CCN(C(=O)OC(C)(C)C)CC3)nc2cn1. The summed E-state index contributed by atoms with van der Waals surface area (Å²) in [4.78, 5) is 31.4. The Morgan fingerprint density at radius 2 is 2.00 bits per heavy atom. The maximum Gasteiger partial charge on any atom is 0.410 e. The molecule has 0 atom stereocenters. The van der Waals surface area contributed by atoms with Gasteiger partial charge in [-0.05, 0) is 45.2 Å². The average Bonchev–Trinajstić information content (AvgIpc) is 3.24. The van der Waals surface area contributed by atoms with E-state index in [0.29, 0.717) is 38.7 Å². The molecule has 164 valence electrons. The molecule has 3 aromatic heterocycles. The molecule has 0 spiro atoms. The van der Waals surface area contributed by atoms with Gasteiger partial charge in [-0.25, -0.2) is 9.78 Å². The van der Waals surface area contributed by atoms with Crippen molar-refractivity contribution in [1.82, 2.24) is 19.9 Å². The Balaban J connectivity index is 1.52. The van der Waals surface area contributed by atoms with E-state index >= 15 is 0 Å². The number of nitrogens with zero attached hydrogens (tertiary/aromatic N) is 5. The van der Waals surface area contributed by atoms with E-state index in [0.717, 1.165) is 22.4 Å². The number of ether oxygens (including phenoxy) is 1. The molecule has 4 rings (SSSR count). The van der Waals surface area contributed by atoms with Crippen LogP contribution < -0.4 is 10.2 Å². The average molecular weight is 441 g/mol. The van der Waals surface area contributed by atoms with Crippen molar-refractivity contribution >= 4 is 40.1 Å². The Labute approximate surface area is 186 Å². The van der Waals surface area contributed by atoms with E-state index in [1.165, 1.54) is 4.88 Å². The molecule has 8 nitrogen and oxygen atoms in total. The third-order valence-corrected chi connectivity index (χ3v) is 5.81. The molecule has 0 radical (unpaired) electrons. The quantitative estimate of drug-likeness (QED) is 0.655. The first-order valence-electron chi connectivity index (χ1n) is 10.4. The Morgan fingerprint density at radius 3 is 2.68 bits per heavy atom. The summed E-state index contributed by atoms with van der Waals surface area (Å²) in [5, 5.41) is 6.50. The summed E-state index contributed by atoms with van der Waals surface area (Å²) in [6.45, 7) is 10.7. The predicted octanol–water partition coefficient (Wildman–Crippen LogP) is 4.06. The van der Waals surface area contributed by atoms with Gasteiger partial charge in [-0.1, -0.05) is 6.07 Å². The molecule has 4 heterocycles. The van der Waals surface area contributed by atoms with Gasteiger partial charge in [-0.3, -0.25) is 4.98 Å². The van der Waals surface area contributed by atoms with E-state index in [-0.39, 0.29) is 6.09 Å². The molecule has 0 unspecified atom stereocenters. The van der Waals surface area contributed by atoms with Gasteiger partial charge >= 0.3 is 6.09 Å². The summed E-state index contributed by atoms with van der Waals surface area (Å²) >= 11 is 1.71. The van der Waals surface area contributed by atoms with Crippen molar-refractivity contribution in [2.24, 2.45) is 0 Å². The second-order valence-corrected chi connectivity index (χ2v) is 9.63. The van der Waals surface area contributed by atoms with E-state index in [2.05, 4.69) is 26.6 Å². The highest BCUT2D eigenvalue weighted by Gasteiger charge is 2.27. The van der Waals surface area contributed by atoms with Gasteiger partial charge in [0.05, 0.1) is 18.3 Å². The summed E-state index contributed by atoms with van der Waals surface area (Å²) in [5.41, 5.74) is 1.23. The molecule has 1 saturated heterocycles. The first kappa shape index (κ1) is 21.3. The van der Waals surface area contributed by atoms with E-state index in [1.54, 1.807) is 22.4 Å². The standard InChI is InChI=1S/C22H28N6O2S/c1-15-12-17-18(14-23-15)25-20(26-19(17)24-13-16-6-5-11-31-16)27-7-9-28(10-8-27)21(29)30-22(2,3)4/h5-6,11-12,14H,7-10,13H2,1-4H3,(H,24,25,26). The Kier molecular flexibility index (Phi) is 5.95. The van der Waals surface area contributed by atoms with Crippen molar-refractivity contribution < 1.29 is 9.53 Å². The van der Waals surface area contributed by atoms with E-state index in [4.69, 9.17) is 14.7 Å². The number of anilines is 2. The number of aromatic nitrogens is 3. The van der Waals surface area contributed by atoms with Crippen LogP contribution in [-0.4, -0.2) is 57.7 Å². The second-order valence-electron chi connectivity index (χ2n) is 8.60. The van der Waals surface area contributed by atoms with Gasteiger partial charge in [-0.2, -0.15) is 4.98 Å². The Bertz CT molecular complexity index is 1060. The molecule has 1 N–H and O–H groups in total. The lowest BCUT2D eigenvalue weighted by atomic mass is 10.2. The number of aryl methyl sites for hydroxylation is 1. The summed E-state index contributed by atoms with van der Waals surface area (Å²) in [5.74, 6) is 1.45. The number of amides is 1. The fourth-order valence-electron chi connectivity index (χ4n) is 3.40. The fraction of sp³-hybridized carbons (Fsp3) is 0.455. The minimum Gasteiger partial charge on any atom is -0.444 e. The normalized spacial score (nSPS) is 14.7. The highest BCUT2D eigenvalue weighted by Crippen LogP contribution is 2.25. The van der Waals surface area contributed by atoms with Gasteiger partial charge in [-0.15, -0.1) is 11.3 Å². The van der Waals surface area contributed by atoms with Gasteiger partial charge in [0.2, 0.25) is 5.95 Å². The molecular formula is C22H28N6O2S. The van der Waals surface area contributed by atoms with Crippen LogP contribution in [0.3, 0.4) is 0 Å². The van der Waals surface area contributed by atoms with Crippen molar-refractivity contribution in [3.63, 3.8) is 0 Å². The van der Waals surface area contributed by atoms with Crippen LogP contribution in [0.5, 0.6) is 0 Å². The smallest absolute Gasteiger partial charge is 0.410 e. The highest BCUT2D eigenvalue weighted by molar-refractivity contribution is 7.09. The first-order chi connectivity index (χ1) is 14.8. The highest BCUT2D eigenvalue weighted by atomic mass is 32.1. The molecule has 1 amide bonds. The lowest BCUT2D eigenvalue weighted by Crippen LogP contribution is -2.50. The second kappa shape index (κ2) is 8.66. The number of nitrogens with one attached hydrogen (secondary N) is 1.